The Bertz CT molecular complexity index is 887. The summed E-state index contributed by atoms with van der Waals surface area (Å²) in [5.41, 5.74) is 0.345. The molecule has 0 fully saturated rings. The van der Waals surface area contributed by atoms with Crippen molar-refractivity contribution in [3.63, 3.8) is 0 Å². The van der Waals surface area contributed by atoms with Gasteiger partial charge in [-0.2, -0.15) is 4.90 Å². The number of anilines is 1. The Morgan fingerprint density at radius 2 is 1.93 bits per heavy atom. The number of thioether (sulfide) groups is 1. The third-order valence-electron chi connectivity index (χ3n) is 4.98. The Hall–Kier alpha value is -1.89. The fraction of sp³-hybridized carbons (Fsp3) is 0.350. The van der Waals surface area contributed by atoms with E-state index >= 15 is 0 Å². The van der Waals surface area contributed by atoms with Gasteiger partial charge in [0.1, 0.15) is 5.75 Å². The maximum Gasteiger partial charge on any atom is 0.316 e. The van der Waals surface area contributed by atoms with E-state index < -0.39 is 5.72 Å². The average molecular weight is 406 g/mol. The summed E-state index contributed by atoms with van der Waals surface area (Å²) in [5.74, 6) is 2.42. The standard InChI is InChI=1S/C20H22ClN2O3S/c1-25-16-8-9-18(26-2)17(12-16)23-19-22(10-3-11-27-19)13-20(23,24)14-4-6-15(21)7-5-14/h4-9,12,24H,3,10-11,13H2,1-2H3/q+1/t20-/m0/s1. The van der Waals surface area contributed by atoms with E-state index in [0.29, 0.717) is 23.1 Å². The van der Waals surface area contributed by atoms with Crippen LogP contribution in [-0.2, 0) is 5.72 Å². The zero-order valence-electron chi connectivity index (χ0n) is 15.3. The van der Waals surface area contributed by atoms with Crippen molar-refractivity contribution in [2.24, 2.45) is 0 Å². The van der Waals surface area contributed by atoms with Crippen LogP contribution in [0.15, 0.2) is 42.5 Å². The number of aliphatic hydroxyl groups is 1. The summed E-state index contributed by atoms with van der Waals surface area (Å²) in [6.07, 6.45) is 1.09. The number of amidine groups is 1. The Morgan fingerprint density at radius 1 is 1.15 bits per heavy atom. The third-order valence-corrected chi connectivity index (χ3v) is 6.42. The number of hydrogen-bond donors (Lipinski definition) is 1. The van der Waals surface area contributed by atoms with Crippen molar-refractivity contribution in [1.82, 2.24) is 0 Å². The van der Waals surface area contributed by atoms with E-state index in [0.717, 1.165) is 35.1 Å². The van der Waals surface area contributed by atoms with E-state index in [-0.39, 0.29) is 0 Å². The molecular formula is C20H22ClN2O3S+. The fourth-order valence-electron chi connectivity index (χ4n) is 3.66. The first-order valence-electron chi connectivity index (χ1n) is 8.82. The first-order chi connectivity index (χ1) is 13.1. The predicted molar refractivity (Wildman–Crippen MR) is 109 cm³/mol. The van der Waals surface area contributed by atoms with Gasteiger partial charge in [-0.15, -0.1) is 0 Å². The van der Waals surface area contributed by atoms with Gasteiger partial charge in [0.15, 0.2) is 18.0 Å². The zero-order valence-corrected chi connectivity index (χ0v) is 16.9. The van der Waals surface area contributed by atoms with E-state index in [1.807, 2.05) is 47.4 Å². The third kappa shape index (κ3) is 3.16. The lowest BCUT2D eigenvalue weighted by molar-refractivity contribution is -0.532. The van der Waals surface area contributed by atoms with Gasteiger partial charge in [0.2, 0.25) is 0 Å². The first-order valence-corrected chi connectivity index (χ1v) is 10.2. The van der Waals surface area contributed by atoms with Gasteiger partial charge in [0.05, 0.1) is 20.8 Å². The summed E-state index contributed by atoms with van der Waals surface area (Å²) < 4.78 is 13.3. The van der Waals surface area contributed by atoms with Gasteiger partial charge in [0, 0.05) is 22.4 Å². The maximum atomic E-state index is 11.9. The molecule has 5 nitrogen and oxygen atoms in total. The molecule has 2 aliphatic heterocycles. The van der Waals surface area contributed by atoms with Crippen LogP contribution >= 0.6 is 23.4 Å². The molecule has 1 atom stereocenters. The van der Waals surface area contributed by atoms with Crippen LogP contribution in [0.5, 0.6) is 11.5 Å². The molecule has 1 N–H and O–H groups in total. The molecule has 0 aliphatic carbocycles. The second kappa shape index (κ2) is 7.26. The molecule has 0 radical (unpaired) electrons. The van der Waals surface area contributed by atoms with Crippen molar-refractivity contribution in [3.05, 3.63) is 53.1 Å². The molecule has 142 valence electrons. The number of ether oxygens (including phenoxy) is 2. The van der Waals surface area contributed by atoms with Crippen LogP contribution in [0.4, 0.5) is 5.69 Å². The summed E-state index contributed by atoms with van der Waals surface area (Å²) in [4.78, 5) is 1.97. The van der Waals surface area contributed by atoms with Crippen molar-refractivity contribution >= 4 is 34.2 Å². The van der Waals surface area contributed by atoms with Gasteiger partial charge in [-0.1, -0.05) is 23.7 Å². The van der Waals surface area contributed by atoms with Gasteiger partial charge in [-0.3, -0.25) is 0 Å². The molecule has 0 aromatic heterocycles. The molecule has 2 heterocycles. The molecule has 0 spiro atoms. The molecule has 0 saturated heterocycles. The number of halogens is 1. The average Bonchev–Trinajstić information content (AvgIpc) is 3.00. The van der Waals surface area contributed by atoms with E-state index in [4.69, 9.17) is 21.1 Å². The van der Waals surface area contributed by atoms with Crippen LogP contribution in [-0.4, -0.2) is 47.9 Å². The molecule has 2 aromatic carbocycles. The SMILES string of the molecule is COc1ccc(OC)c(N2C3=[N+](CCCS3)C[C@]2(O)c2ccc(Cl)cc2)c1. The van der Waals surface area contributed by atoms with Gasteiger partial charge < -0.3 is 14.6 Å². The van der Waals surface area contributed by atoms with Crippen molar-refractivity contribution < 1.29 is 19.2 Å². The van der Waals surface area contributed by atoms with Crippen LogP contribution in [0.25, 0.3) is 0 Å². The maximum absolute atomic E-state index is 11.9. The van der Waals surface area contributed by atoms with Gasteiger partial charge in [0.25, 0.3) is 5.72 Å². The molecule has 0 unspecified atom stereocenters. The monoisotopic (exact) mass is 405 g/mol. The molecule has 2 aromatic rings. The van der Waals surface area contributed by atoms with Crippen LogP contribution in [0, 0.1) is 0 Å². The van der Waals surface area contributed by atoms with E-state index in [1.165, 1.54) is 0 Å². The van der Waals surface area contributed by atoms with Crippen molar-refractivity contribution in [1.29, 1.82) is 0 Å². The number of rotatable bonds is 4. The summed E-state index contributed by atoms with van der Waals surface area (Å²) >= 11 is 7.83. The van der Waals surface area contributed by atoms with Crippen LogP contribution in [0.2, 0.25) is 5.02 Å². The quantitative estimate of drug-likeness (QED) is 0.788. The highest BCUT2D eigenvalue weighted by molar-refractivity contribution is 8.14. The molecule has 0 bridgehead atoms. The Labute approximate surface area is 168 Å². The largest absolute Gasteiger partial charge is 0.497 e. The molecule has 0 amide bonds. The predicted octanol–water partition coefficient (Wildman–Crippen LogP) is 3.53. The van der Waals surface area contributed by atoms with Gasteiger partial charge >= 0.3 is 5.17 Å². The molecule has 7 heteroatoms. The smallest absolute Gasteiger partial charge is 0.316 e. The summed E-state index contributed by atoms with van der Waals surface area (Å²) in [6, 6.07) is 13.0. The molecule has 2 aliphatic rings. The second-order valence-electron chi connectivity index (χ2n) is 6.60. The summed E-state index contributed by atoms with van der Waals surface area (Å²) in [7, 11) is 3.27. The van der Waals surface area contributed by atoms with E-state index in [2.05, 4.69) is 4.58 Å². The topological polar surface area (TPSA) is 44.9 Å². The first kappa shape index (κ1) is 18.5. The highest BCUT2D eigenvalue weighted by atomic mass is 35.5. The second-order valence-corrected chi connectivity index (χ2v) is 8.10. The Balaban J connectivity index is 1.90. The number of hydrogen-bond acceptors (Lipinski definition) is 5. The van der Waals surface area contributed by atoms with Crippen molar-refractivity contribution in [2.45, 2.75) is 12.1 Å². The summed E-state index contributed by atoms with van der Waals surface area (Å²) in [5, 5.41) is 13.6. The number of nitrogens with zero attached hydrogens (tertiary/aromatic N) is 2. The van der Waals surface area contributed by atoms with Crippen LogP contribution in [0.3, 0.4) is 0 Å². The van der Waals surface area contributed by atoms with E-state index in [1.54, 1.807) is 26.0 Å². The highest BCUT2D eigenvalue weighted by Gasteiger charge is 2.56. The molecule has 27 heavy (non-hydrogen) atoms. The lowest BCUT2D eigenvalue weighted by atomic mass is 10.0. The van der Waals surface area contributed by atoms with Crippen LogP contribution in [0.1, 0.15) is 12.0 Å². The highest BCUT2D eigenvalue weighted by Crippen LogP contribution is 2.44. The van der Waals surface area contributed by atoms with Gasteiger partial charge in [-0.25, -0.2) is 4.58 Å². The normalized spacial score (nSPS) is 22.0. The minimum Gasteiger partial charge on any atom is -0.497 e. The lowest BCUT2D eigenvalue weighted by Gasteiger charge is -2.29. The lowest BCUT2D eigenvalue weighted by Crippen LogP contribution is -2.46. The minimum absolute atomic E-state index is 0.483. The Morgan fingerprint density at radius 3 is 2.63 bits per heavy atom. The van der Waals surface area contributed by atoms with Crippen LogP contribution < -0.4 is 14.4 Å². The van der Waals surface area contributed by atoms with Crippen molar-refractivity contribution in [3.8, 4) is 11.5 Å². The minimum atomic E-state index is -1.23. The summed E-state index contributed by atoms with van der Waals surface area (Å²) in [6.45, 7) is 1.40. The number of benzene rings is 2. The fourth-order valence-corrected chi connectivity index (χ4v) is 4.96. The molecular weight excluding hydrogens is 384 g/mol. The molecule has 0 saturated carbocycles. The molecule has 4 rings (SSSR count). The van der Waals surface area contributed by atoms with E-state index in [9.17, 15) is 5.11 Å². The zero-order chi connectivity index (χ0) is 19.0. The van der Waals surface area contributed by atoms with Crippen molar-refractivity contribution in [2.75, 3.05) is 38.0 Å². The number of methoxy groups -OCH3 is 2. The Kier molecular flexibility index (Phi) is 4.97. The van der Waals surface area contributed by atoms with Gasteiger partial charge in [-0.05, 0) is 42.4 Å².